The average molecular weight is 427 g/mol. The number of carbonyl (C=O) groups is 3. The van der Waals surface area contributed by atoms with E-state index in [0.717, 1.165) is 5.56 Å². The quantitative estimate of drug-likeness (QED) is 0.769. The van der Waals surface area contributed by atoms with Crippen LogP contribution in [-0.4, -0.2) is 47.0 Å². The molecule has 2 heterocycles. The van der Waals surface area contributed by atoms with Gasteiger partial charge in [-0.1, -0.05) is 32.0 Å². The molecule has 1 aromatic rings. The van der Waals surface area contributed by atoms with Gasteiger partial charge in [0.1, 0.15) is 17.7 Å². The van der Waals surface area contributed by atoms with E-state index in [1.807, 2.05) is 38.1 Å². The van der Waals surface area contributed by atoms with Crippen molar-refractivity contribution < 1.29 is 19.1 Å². The molecule has 1 aromatic carbocycles. The van der Waals surface area contributed by atoms with Gasteiger partial charge in [0, 0.05) is 18.7 Å². The second-order valence-corrected chi connectivity index (χ2v) is 9.73. The highest BCUT2D eigenvalue weighted by molar-refractivity contribution is 6.07. The Hall–Kier alpha value is -3.08. The van der Waals surface area contributed by atoms with Crippen molar-refractivity contribution in [2.75, 3.05) is 11.9 Å². The maximum Gasteiger partial charge on any atom is 0.408 e. The Balaban J connectivity index is 1.87. The van der Waals surface area contributed by atoms with E-state index in [-0.39, 0.29) is 30.7 Å². The third-order valence-corrected chi connectivity index (χ3v) is 5.61. The molecule has 1 spiro atoms. The molecule has 0 radical (unpaired) electrons. The van der Waals surface area contributed by atoms with Gasteiger partial charge in [-0.05, 0) is 44.7 Å². The predicted molar refractivity (Wildman–Crippen MR) is 115 cm³/mol. The lowest BCUT2D eigenvalue weighted by Crippen LogP contribution is -2.52. The Labute approximate surface area is 182 Å². The van der Waals surface area contributed by atoms with Crippen molar-refractivity contribution in [2.45, 2.75) is 70.6 Å². The summed E-state index contributed by atoms with van der Waals surface area (Å²) in [6.45, 7) is 9.24. The van der Waals surface area contributed by atoms with Crippen LogP contribution in [0.5, 0.6) is 0 Å². The lowest BCUT2D eigenvalue weighted by Gasteiger charge is -2.29. The van der Waals surface area contributed by atoms with Crippen LogP contribution in [0.4, 0.5) is 10.5 Å². The Morgan fingerprint density at radius 3 is 2.65 bits per heavy atom. The zero-order chi connectivity index (χ0) is 23.0. The van der Waals surface area contributed by atoms with Gasteiger partial charge in [0.2, 0.25) is 11.8 Å². The number of nitriles is 1. The molecule has 0 aliphatic carbocycles. The molecule has 0 aromatic heterocycles. The lowest BCUT2D eigenvalue weighted by atomic mass is 9.80. The number of carbonyl (C=O) groups excluding carboxylic acids is 3. The topological polar surface area (TPSA) is 112 Å². The summed E-state index contributed by atoms with van der Waals surface area (Å²) in [5.74, 6) is -0.457. The van der Waals surface area contributed by atoms with Gasteiger partial charge in [0.05, 0.1) is 11.5 Å². The first kappa shape index (κ1) is 22.6. The van der Waals surface area contributed by atoms with Gasteiger partial charge in [-0.15, -0.1) is 0 Å². The first-order chi connectivity index (χ1) is 14.5. The summed E-state index contributed by atoms with van der Waals surface area (Å²) < 4.78 is 5.32. The van der Waals surface area contributed by atoms with E-state index in [2.05, 4.69) is 16.7 Å². The molecule has 2 N–H and O–H groups in total. The van der Waals surface area contributed by atoms with Gasteiger partial charge >= 0.3 is 6.09 Å². The molecule has 166 valence electrons. The molecule has 0 saturated carbocycles. The monoisotopic (exact) mass is 426 g/mol. The van der Waals surface area contributed by atoms with Crippen LogP contribution in [0.1, 0.15) is 53.0 Å². The summed E-state index contributed by atoms with van der Waals surface area (Å²) in [7, 11) is 0. The van der Waals surface area contributed by atoms with Gasteiger partial charge in [-0.3, -0.25) is 9.59 Å². The standard InChI is InChI=1S/C23H30N4O4/c1-14(2)10-18(26-21(30)31-22(3,4)5)19(28)27-13-23(11-15(27)12-24)16-8-6-7-9-17(16)25-20(23)29/h6-9,14-15,18H,10-11,13H2,1-5H3,(H,25,29)(H,26,30)/t15-,18-,23-/m0/s1. The van der Waals surface area contributed by atoms with E-state index >= 15 is 0 Å². The highest BCUT2D eigenvalue weighted by Gasteiger charge is 2.56. The summed E-state index contributed by atoms with van der Waals surface area (Å²) in [6.07, 6.45) is -0.0700. The maximum absolute atomic E-state index is 13.5. The molecule has 1 fully saturated rings. The highest BCUT2D eigenvalue weighted by Crippen LogP contribution is 2.46. The third kappa shape index (κ3) is 4.50. The minimum absolute atomic E-state index is 0.0947. The van der Waals surface area contributed by atoms with Gasteiger partial charge in [0.25, 0.3) is 0 Å². The minimum Gasteiger partial charge on any atom is -0.444 e. The fraction of sp³-hybridized carbons (Fsp3) is 0.565. The second-order valence-electron chi connectivity index (χ2n) is 9.73. The molecule has 2 aliphatic heterocycles. The van der Waals surface area contributed by atoms with E-state index in [1.165, 1.54) is 4.90 Å². The number of benzene rings is 1. The zero-order valence-electron chi connectivity index (χ0n) is 18.7. The largest absolute Gasteiger partial charge is 0.444 e. The molecular formula is C23H30N4O4. The number of nitrogens with zero attached hydrogens (tertiary/aromatic N) is 2. The fourth-order valence-corrected chi connectivity index (χ4v) is 4.33. The van der Waals surface area contributed by atoms with E-state index in [4.69, 9.17) is 4.74 Å². The van der Waals surface area contributed by atoms with Gasteiger partial charge in [-0.25, -0.2) is 4.79 Å². The third-order valence-electron chi connectivity index (χ3n) is 5.61. The van der Waals surface area contributed by atoms with Crippen molar-refractivity contribution in [1.29, 1.82) is 5.26 Å². The van der Waals surface area contributed by atoms with E-state index in [0.29, 0.717) is 12.1 Å². The first-order valence-electron chi connectivity index (χ1n) is 10.6. The minimum atomic E-state index is -0.957. The van der Waals surface area contributed by atoms with Crippen LogP contribution >= 0.6 is 0 Å². The number of hydrogen-bond donors (Lipinski definition) is 2. The smallest absolute Gasteiger partial charge is 0.408 e. The molecule has 31 heavy (non-hydrogen) atoms. The predicted octanol–water partition coefficient (Wildman–Crippen LogP) is 2.94. The lowest BCUT2D eigenvalue weighted by molar-refractivity contribution is -0.134. The van der Waals surface area contributed by atoms with Crippen LogP contribution in [0.2, 0.25) is 0 Å². The van der Waals surface area contributed by atoms with E-state index in [9.17, 15) is 19.6 Å². The summed E-state index contributed by atoms with van der Waals surface area (Å²) in [6, 6.07) is 7.93. The number of amides is 3. The highest BCUT2D eigenvalue weighted by atomic mass is 16.6. The Morgan fingerprint density at radius 1 is 1.35 bits per heavy atom. The molecule has 8 nitrogen and oxygen atoms in total. The Morgan fingerprint density at radius 2 is 2.03 bits per heavy atom. The summed E-state index contributed by atoms with van der Waals surface area (Å²) in [4.78, 5) is 40.2. The average Bonchev–Trinajstić information content (AvgIpc) is 3.18. The fourth-order valence-electron chi connectivity index (χ4n) is 4.33. The van der Waals surface area contributed by atoms with Crippen LogP contribution in [0.25, 0.3) is 0 Å². The molecule has 8 heteroatoms. The Bertz CT molecular complexity index is 930. The Kier molecular flexibility index (Phi) is 5.99. The van der Waals surface area contributed by atoms with Crippen LogP contribution < -0.4 is 10.6 Å². The van der Waals surface area contributed by atoms with E-state index < -0.39 is 29.2 Å². The molecule has 0 unspecified atom stereocenters. The van der Waals surface area contributed by atoms with Crippen molar-refractivity contribution in [3.63, 3.8) is 0 Å². The SMILES string of the molecule is CC(C)C[C@H](NC(=O)OC(C)(C)C)C(=O)N1C[C@]2(C[C@H]1C#N)C(=O)Nc1ccccc12. The van der Waals surface area contributed by atoms with Crippen molar-refractivity contribution >= 4 is 23.6 Å². The van der Waals surface area contributed by atoms with Crippen LogP contribution in [0, 0.1) is 17.2 Å². The molecule has 3 atom stereocenters. The van der Waals surface area contributed by atoms with Crippen LogP contribution in [-0.2, 0) is 19.7 Å². The maximum atomic E-state index is 13.5. The number of rotatable bonds is 4. The summed E-state index contributed by atoms with van der Waals surface area (Å²) in [5.41, 5.74) is -0.144. The number of alkyl carbamates (subject to hydrolysis) is 1. The summed E-state index contributed by atoms with van der Waals surface area (Å²) in [5, 5.41) is 15.3. The number of ether oxygens (including phenoxy) is 1. The molecule has 3 amide bonds. The molecule has 2 aliphatic rings. The van der Waals surface area contributed by atoms with Crippen LogP contribution in [0.3, 0.4) is 0 Å². The number of anilines is 1. The molecule has 0 bridgehead atoms. The number of likely N-dealkylation sites (tertiary alicyclic amines) is 1. The molecular weight excluding hydrogens is 396 g/mol. The number of fused-ring (bicyclic) bond motifs is 2. The zero-order valence-corrected chi connectivity index (χ0v) is 18.7. The van der Waals surface area contributed by atoms with Gasteiger partial charge < -0.3 is 20.3 Å². The van der Waals surface area contributed by atoms with Crippen molar-refractivity contribution in [3.8, 4) is 6.07 Å². The van der Waals surface area contributed by atoms with Crippen LogP contribution in [0.15, 0.2) is 24.3 Å². The second kappa shape index (κ2) is 8.22. The van der Waals surface area contributed by atoms with Crippen molar-refractivity contribution in [2.24, 2.45) is 5.92 Å². The number of para-hydroxylation sites is 1. The van der Waals surface area contributed by atoms with Gasteiger partial charge in [0.15, 0.2) is 0 Å². The van der Waals surface area contributed by atoms with Crippen molar-refractivity contribution in [3.05, 3.63) is 29.8 Å². The van der Waals surface area contributed by atoms with Crippen molar-refractivity contribution in [1.82, 2.24) is 10.2 Å². The molecule has 1 saturated heterocycles. The summed E-state index contributed by atoms with van der Waals surface area (Å²) >= 11 is 0. The first-order valence-corrected chi connectivity index (χ1v) is 10.6. The number of hydrogen-bond acceptors (Lipinski definition) is 5. The normalized spacial score (nSPS) is 23.3. The molecule has 3 rings (SSSR count). The number of nitrogens with one attached hydrogen (secondary N) is 2. The van der Waals surface area contributed by atoms with E-state index in [1.54, 1.807) is 20.8 Å². The van der Waals surface area contributed by atoms with Gasteiger partial charge in [-0.2, -0.15) is 5.26 Å².